The van der Waals surface area contributed by atoms with Crippen molar-refractivity contribution < 1.29 is 15.0 Å². The molecule has 114 valence electrons. The Morgan fingerprint density at radius 2 is 2.05 bits per heavy atom. The minimum atomic E-state index is -1.08. The smallest absolute Gasteiger partial charge is 0.265 e. The lowest BCUT2D eigenvalue weighted by molar-refractivity contribution is 0.0728. The number of anilines is 2. The molecule has 8 heteroatoms. The summed E-state index contributed by atoms with van der Waals surface area (Å²) in [5.41, 5.74) is 4.64. The molecule has 0 spiro atoms. The van der Waals surface area contributed by atoms with Crippen LogP contribution in [0.4, 0.5) is 10.9 Å². The number of rotatable bonds is 7. The third-order valence-electron chi connectivity index (χ3n) is 2.63. The van der Waals surface area contributed by atoms with E-state index >= 15 is 0 Å². The lowest BCUT2D eigenvalue weighted by Gasteiger charge is -2.25. The Kier molecular flexibility index (Phi) is 5.73. The molecule has 7 nitrogen and oxygen atoms in total. The van der Waals surface area contributed by atoms with Crippen LogP contribution in [0.25, 0.3) is 0 Å². The number of hydrogen-bond acceptors (Lipinski definition) is 7. The van der Waals surface area contributed by atoms with Crippen LogP contribution in [-0.4, -0.2) is 46.4 Å². The van der Waals surface area contributed by atoms with E-state index in [0.29, 0.717) is 11.0 Å². The van der Waals surface area contributed by atoms with Crippen LogP contribution in [0, 0.1) is 5.92 Å². The largest absolute Gasteiger partial charge is 0.394 e. The van der Waals surface area contributed by atoms with Gasteiger partial charge in [0.05, 0.1) is 18.8 Å². The maximum Gasteiger partial charge on any atom is 0.265 e. The van der Waals surface area contributed by atoms with Gasteiger partial charge >= 0.3 is 0 Å². The van der Waals surface area contributed by atoms with Crippen molar-refractivity contribution in [1.82, 2.24) is 10.3 Å². The van der Waals surface area contributed by atoms with Gasteiger partial charge in [0.15, 0.2) is 5.13 Å². The van der Waals surface area contributed by atoms with Gasteiger partial charge in [-0.05, 0) is 12.8 Å². The van der Waals surface area contributed by atoms with Crippen LogP contribution >= 0.6 is 11.3 Å². The summed E-state index contributed by atoms with van der Waals surface area (Å²) in [6.45, 7) is 5.66. The molecule has 6 N–H and O–H groups in total. The molecule has 1 aromatic rings. The van der Waals surface area contributed by atoms with Crippen LogP contribution in [0.3, 0.4) is 0 Å². The molecular weight excluding hydrogens is 280 g/mol. The van der Waals surface area contributed by atoms with Crippen molar-refractivity contribution in [3.8, 4) is 0 Å². The number of nitrogens with two attached hydrogens (primary N) is 1. The second kappa shape index (κ2) is 6.87. The van der Waals surface area contributed by atoms with E-state index in [1.165, 1.54) is 0 Å². The van der Waals surface area contributed by atoms with Crippen LogP contribution in [0.1, 0.15) is 30.4 Å². The number of amides is 1. The number of nitrogens with zero attached hydrogens (tertiary/aromatic N) is 1. The number of carbonyl (C=O) groups excluding carboxylic acids is 1. The lowest BCUT2D eigenvalue weighted by atomic mass is 10.1. The van der Waals surface area contributed by atoms with E-state index in [0.717, 1.165) is 17.9 Å². The Balaban J connectivity index is 2.78. The standard InChI is InChI=1S/C12H22N4O3S/c1-7(2)4-14-11-15-9(13)8(20-11)10(19)16-12(3,5-17)6-18/h7,17-18H,4-6,13H2,1-3H3,(H,14,15)(H,16,19). The van der Waals surface area contributed by atoms with Crippen LogP contribution in [0.15, 0.2) is 0 Å². The monoisotopic (exact) mass is 302 g/mol. The molecule has 0 saturated carbocycles. The number of carbonyl (C=O) groups is 1. The van der Waals surface area contributed by atoms with Crippen molar-refractivity contribution in [2.75, 3.05) is 30.8 Å². The van der Waals surface area contributed by atoms with E-state index in [1.54, 1.807) is 6.92 Å². The average Bonchev–Trinajstić information content (AvgIpc) is 2.77. The molecule has 0 aliphatic rings. The fraction of sp³-hybridized carbons (Fsp3) is 0.667. The molecular formula is C12H22N4O3S. The van der Waals surface area contributed by atoms with Crippen molar-refractivity contribution >= 4 is 28.2 Å². The summed E-state index contributed by atoms with van der Waals surface area (Å²) in [5.74, 6) is 0.129. The molecule has 0 aliphatic carbocycles. The maximum atomic E-state index is 12.1. The van der Waals surface area contributed by atoms with E-state index in [4.69, 9.17) is 5.73 Å². The maximum absolute atomic E-state index is 12.1. The van der Waals surface area contributed by atoms with Gasteiger partial charge in [0.2, 0.25) is 0 Å². The van der Waals surface area contributed by atoms with Crippen LogP contribution in [0.2, 0.25) is 0 Å². The number of aromatic nitrogens is 1. The quantitative estimate of drug-likeness (QED) is 0.493. The topological polar surface area (TPSA) is 120 Å². The summed E-state index contributed by atoms with van der Waals surface area (Å²) in [6.07, 6.45) is 0. The summed E-state index contributed by atoms with van der Waals surface area (Å²) in [6, 6.07) is 0. The second-order valence-corrected chi connectivity index (χ2v) is 6.34. The van der Waals surface area contributed by atoms with Gasteiger partial charge in [-0.15, -0.1) is 0 Å². The number of aliphatic hydroxyl groups is 2. The van der Waals surface area contributed by atoms with Gasteiger partial charge in [-0.3, -0.25) is 4.79 Å². The van der Waals surface area contributed by atoms with E-state index in [9.17, 15) is 15.0 Å². The Bertz CT molecular complexity index is 458. The first kappa shape index (κ1) is 16.7. The predicted octanol–water partition coefficient (Wildman–Crippen LogP) is 0.266. The van der Waals surface area contributed by atoms with E-state index in [1.807, 2.05) is 0 Å². The summed E-state index contributed by atoms with van der Waals surface area (Å²) in [7, 11) is 0. The number of hydrogen-bond donors (Lipinski definition) is 5. The average molecular weight is 302 g/mol. The molecule has 1 heterocycles. The van der Waals surface area contributed by atoms with Gasteiger partial charge in [0, 0.05) is 6.54 Å². The molecule has 0 bridgehead atoms. The Morgan fingerprint density at radius 3 is 2.55 bits per heavy atom. The summed E-state index contributed by atoms with van der Waals surface area (Å²) >= 11 is 1.15. The molecule has 0 saturated heterocycles. The Hall–Kier alpha value is -1.38. The van der Waals surface area contributed by atoms with Gasteiger partial charge in [-0.25, -0.2) is 4.98 Å². The highest BCUT2D eigenvalue weighted by atomic mass is 32.1. The van der Waals surface area contributed by atoms with Gasteiger partial charge in [0.25, 0.3) is 5.91 Å². The molecule has 1 amide bonds. The van der Waals surface area contributed by atoms with Crippen molar-refractivity contribution in [3.05, 3.63) is 4.88 Å². The highest BCUT2D eigenvalue weighted by molar-refractivity contribution is 7.18. The van der Waals surface area contributed by atoms with Gasteiger partial charge in [-0.1, -0.05) is 25.2 Å². The molecule has 1 rings (SSSR count). The minimum Gasteiger partial charge on any atom is -0.394 e. The van der Waals surface area contributed by atoms with Gasteiger partial charge < -0.3 is 26.6 Å². The fourth-order valence-corrected chi connectivity index (χ4v) is 2.11. The van der Waals surface area contributed by atoms with Crippen molar-refractivity contribution in [1.29, 1.82) is 0 Å². The second-order valence-electron chi connectivity index (χ2n) is 5.34. The zero-order valence-corrected chi connectivity index (χ0v) is 12.8. The van der Waals surface area contributed by atoms with Crippen LogP contribution < -0.4 is 16.4 Å². The predicted molar refractivity (Wildman–Crippen MR) is 79.9 cm³/mol. The normalized spacial score (nSPS) is 11.7. The Morgan fingerprint density at radius 1 is 1.45 bits per heavy atom. The molecule has 1 aromatic heterocycles. The molecule has 0 radical (unpaired) electrons. The summed E-state index contributed by atoms with van der Waals surface area (Å²) in [4.78, 5) is 16.4. The van der Waals surface area contributed by atoms with Crippen molar-refractivity contribution in [2.24, 2.45) is 5.92 Å². The highest BCUT2D eigenvalue weighted by Crippen LogP contribution is 2.25. The third-order valence-corrected chi connectivity index (χ3v) is 3.66. The van der Waals surface area contributed by atoms with Crippen LogP contribution in [-0.2, 0) is 0 Å². The summed E-state index contributed by atoms with van der Waals surface area (Å²) in [5, 5.41) is 24.6. The first-order valence-corrected chi connectivity index (χ1v) is 7.17. The molecule has 0 unspecified atom stereocenters. The fourth-order valence-electron chi connectivity index (χ4n) is 1.32. The van der Waals surface area contributed by atoms with Gasteiger partial charge in [-0.2, -0.15) is 0 Å². The minimum absolute atomic E-state index is 0.136. The third kappa shape index (κ3) is 4.32. The van der Waals surface area contributed by atoms with E-state index in [2.05, 4.69) is 29.5 Å². The number of thiazole rings is 1. The number of aliphatic hydroxyl groups excluding tert-OH is 2. The van der Waals surface area contributed by atoms with Gasteiger partial charge in [0.1, 0.15) is 10.7 Å². The number of nitrogen functional groups attached to an aromatic ring is 1. The first-order chi connectivity index (χ1) is 9.31. The van der Waals surface area contributed by atoms with Crippen molar-refractivity contribution in [2.45, 2.75) is 26.3 Å². The molecule has 0 atom stereocenters. The zero-order chi connectivity index (χ0) is 15.3. The van der Waals surface area contributed by atoms with E-state index in [-0.39, 0.29) is 23.9 Å². The summed E-state index contributed by atoms with van der Waals surface area (Å²) < 4.78 is 0. The zero-order valence-electron chi connectivity index (χ0n) is 11.9. The van der Waals surface area contributed by atoms with Crippen LogP contribution in [0.5, 0.6) is 0 Å². The van der Waals surface area contributed by atoms with Crippen molar-refractivity contribution in [3.63, 3.8) is 0 Å². The van der Waals surface area contributed by atoms with E-state index < -0.39 is 11.4 Å². The molecule has 0 aromatic carbocycles. The first-order valence-electron chi connectivity index (χ1n) is 6.35. The molecule has 0 aliphatic heterocycles. The molecule has 20 heavy (non-hydrogen) atoms. The SMILES string of the molecule is CC(C)CNc1nc(N)c(C(=O)NC(C)(CO)CO)s1. The molecule has 0 fully saturated rings. The Labute approximate surface area is 122 Å². The lowest BCUT2D eigenvalue weighted by Crippen LogP contribution is -2.51. The highest BCUT2D eigenvalue weighted by Gasteiger charge is 2.27. The number of nitrogens with one attached hydrogen (secondary N) is 2.